The number of rotatable bonds is 9. The van der Waals surface area contributed by atoms with E-state index in [1.54, 1.807) is 6.92 Å². The largest absolute Gasteiger partial charge is 0.465 e. The maximum absolute atomic E-state index is 15.3. The molecule has 6 aliphatic carbocycles. The van der Waals surface area contributed by atoms with Crippen LogP contribution in [0.1, 0.15) is 179 Å². The van der Waals surface area contributed by atoms with Crippen LogP contribution in [0.2, 0.25) is 0 Å². The Bertz CT molecular complexity index is 1630. The lowest BCUT2D eigenvalue weighted by Gasteiger charge is -2.63. The molecule has 0 aromatic rings. The molecule has 8 rings (SSSR count). The Balaban J connectivity index is 0.00000310. The fourth-order valence-corrected chi connectivity index (χ4v) is 14.0. The summed E-state index contributed by atoms with van der Waals surface area (Å²) in [6.07, 6.45) is 3.63. The van der Waals surface area contributed by atoms with E-state index in [9.17, 15) is 24.0 Å². The second kappa shape index (κ2) is 17.5. The fraction of sp³-hybridized carbons (Fsp3) is 0.880. The van der Waals surface area contributed by atoms with E-state index in [-0.39, 0.29) is 123 Å². The van der Waals surface area contributed by atoms with Crippen molar-refractivity contribution in [1.82, 2.24) is 0 Å². The zero-order valence-electron chi connectivity index (χ0n) is 35.1. The van der Waals surface area contributed by atoms with E-state index in [2.05, 4.69) is 20.8 Å². The minimum Gasteiger partial charge on any atom is -0.465 e. The van der Waals surface area contributed by atoms with Gasteiger partial charge in [-0.25, -0.2) is 0 Å². The molecule has 8 fully saturated rings. The van der Waals surface area contributed by atoms with E-state index in [0.29, 0.717) is 32.3 Å². The first-order valence-electron chi connectivity index (χ1n) is 20.8. The van der Waals surface area contributed by atoms with Crippen molar-refractivity contribution < 1.29 is 52.5 Å². The molecule has 11 nitrogen and oxygen atoms in total. The normalized spacial score (nSPS) is 37.1. The molecule has 0 N–H and O–H groups in total. The van der Waals surface area contributed by atoms with Crippen LogP contribution in [-0.2, 0) is 52.5 Å². The molecule has 61 heavy (non-hydrogen) atoms. The molecule has 0 radical (unpaired) electrons. The van der Waals surface area contributed by atoms with Crippen LogP contribution in [0.5, 0.6) is 0 Å². The van der Waals surface area contributed by atoms with E-state index >= 15 is 4.79 Å². The predicted octanol–water partition coefficient (Wildman–Crippen LogP) is 10.8. The number of fused-ring (bicyclic) bond motifs is 5. The summed E-state index contributed by atoms with van der Waals surface area (Å²) >= 11 is 0. The second-order valence-corrected chi connectivity index (χ2v) is 22.5. The Hall–Kier alpha value is -2.98. The van der Waals surface area contributed by atoms with Crippen molar-refractivity contribution in [2.24, 2.45) is 80.8 Å². The first kappa shape index (κ1) is 56.0. The van der Waals surface area contributed by atoms with Gasteiger partial charge in [0.2, 0.25) is 0 Å². The van der Waals surface area contributed by atoms with E-state index < -0.39 is 74.1 Å². The maximum atomic E-state index is 15.3. The number of esters is 6. The molecule has 6 bridgehead atoms. The average molecular weight is 865 g/mol. The van der Waals surface area contributed by atoms with Crippen LogP contribution in [0.4, 0.5) is 0 Å². The van der Waals surface area contributed by atoms with Crippen LogP contribution in [0.25, 0.3) is 0 Å². The van der Waals surface area contributed by atoms with Gasteiger partial charge in [-0.15, -0.1) is 0 Å². The lowest BCUT2D eigenvalue weighted by Crippen LogP contribution is -2.66. The number of hydrogen-bond acceptors (Lipinski definition) is 11. The Morgan fingerprint density at radius 2 is 1.20 bits per heavy atom. The summed E-state index contributed by atoms with van der Waals surface area (Å²) in [6.45, 7) is 23.4. The third kappa shape index (κ3) is 9.19. The molecular formula is C50H88O11. The summed E-state index contributed by atoms with van der Waals surface area (Å²) in [4.78, 5) is 82.8. The van der Waals surface area contributed by atoms with Crippen molar-refractivity contribution in [2.75, 3.05) is 6.61 Å². The van der Waals surface area contributed by atoms with Gasteiger partial charge in [-0.1, -0.05) is 86.1 Å². The molecular weight excluding hydrogens is 777 g/mol. The number of cyclic esters (lactones) is 3. The highest BCUT2D eigenvalue weighted by atomic mass is 16.6. The van der Waals surface area contributed by atoms with Gasteiger partial charge < -0.3 is 23.7 Å². The summed E-state index contributed by atoms with van der Waals surface area (Å²) in [5, 5.41) is 0. The van der Waals surface area contributed by atoms with E-state index in [1.165, 1.54) is 0 Å². The summed E-state index contributed by atoms with van der Waals surface area (Å²) in [6, 6.07) is 0. The minimum atomic E-state index is -1.14. The molecule has 2 aliphatic heterocycles. The molecule has 2 heterocycles. The van der Waals surface area contributed by atoms with Crippen molar-refractivity contribution in [3.05, 3.63) is 0 Å². The standard InChI is InChI=1S/C44H64O11.6CH4/c1-22-25-13-26(27-18-51-34(47)29(25)27)30(22)40(9,10)17-28(41(11,12)31-23(2)32(45)52-35(31)48)33(46)53-44-16-24-14-42(20-44,36(49)54-38(3,4)5)19-43(15-24,21-44)37(50)55-39(6,7)8;;;;;;/h22-31H,13-21H2,1-12H3;6*1H4. The Morgan fingerprint density at radius 1 is 0.689 bits per heavy atom. The highest BCUT2D eigenvalue weighted by Gasteiger charge is 2.72. The number of carbonyl (C=O) groups excluding carboxylic acids is 6. The monoisotopic (exact) mass is 865 g/mol. The van der Waals surface area contributed by atoms with Crippen molar-refractivity contribution in [2.45, 2.75) is 196 Å². The molecule has 0 aromatic carbocycles. The molecule has 0 amide bonds. The SMILES string of the molecule is C.C.C.C.C.C.CC1C(=O)OC(=O)C1C(C)(C)C(CC(C)(C)C1C(C)C2CC1C1COC(=O)C21)C(=O)OC12CC3CC(C(=O)OC(C)(C)C)(C1)CC(C(=O)OC(C)(C)C)(C3)C2. The molecule has 8 aliphatic rings. The van der Waals surface area contributed by atoms with Crippen molar-refractivity contribution in [3.63, 3.8) is 0 Å². The highest BCUT2D eigenvalue weighted by molar-refractivity contribution is 5.97. The van der Waals surface area contributed by atoms with Gasteiger partial charge >= 0.3 is 35.8 Å². The zero-order valence-corrected chi connectivity index (χ0v) is 35.1. The van der Waals surface area contributed by atoms with Crippen LogP contribution in [0.15, 0.2) is 0 Å². The zero-order chi connectivity index (χ0) is 40.6. The lowest BCUT2D eigenvalue weighted by atomic mass is 9.42. The number of carbonyl (C=O) groups is 6. The molecule has 2 saturated heterocycles. The second-order valence-electron chi connectivity index (χ2n) is 22.5. The average Bonchev–Trinajstić information content (AvgIpc) is 3.74. The Labute approximate surface area is 370 Å². The fourth-order valence-electron chi connectivity index (χ4n) is 14.0. The van der Waals surface area contributed by atoms with Crippen molar-refractivity contribution in [1.29, 1.82) is 0 Å². The van der Waals surface area contributed by atoms with Gasteiger partial charge in [0.15, 0.2) is 0 Å². The van der Waals surface area contributed by atoms with Gasteiger partial charge in [-0.3, -0.25) is 28.8 Å². The number of ether oxygens (including phenoxy) is 5. The van der Waals surface area contributed by atoms with Gasteiger partial charge in [0, 0.05) is 18.8 Å². The third-order valence-electron chi connectivity index (χ3n) is 15.4. The van der Waals surface area contributed by atoms with Crippen molar-refractivity contribution >= 4 is 35.8 Å². The lowest BCUT2D eigenvalue weighted by molar-refractivity contribution is -0.244. The minimum absolute atomic E-state index is 0. The summed E-state index contributed by atoms with van der Waals surface area (Å²) in [7, 11) is 0. The molecule has 0 aromatic heterocycles. The molecule has 354 valence electrons. The molecule has 6 saturated carbocycles. The van der Waals surface area contributed by atoms with Gasteiger partial charge in [0.05, 0.1) is 41.1 Å². The van der Waals surface area contributed by atoms with Gasteiger partial charge in [0.25, 0.3) is 0 Å². The van der Waals surface area contributed by atoms with Gasteiger partial charge in [-0.05, 0) is 120 Å². The van der Waals surface area contributed by atoms with E-state index in [1.807, 2.05) is 55.4 Å². The summed E-state index contributed by atoms with van der Waals surface area (Å²) in [5.41, 5.74) is -6.26. The highest BCUT2D eigenvalue weighted by Crippen LogP contribution is 2.70. The molecule has 0 spiro atoms. The van der Waals surface area contributed by atoms with Crippen LogP contribution in [0.3, 0.4) is 0 Å². The first-order valence-corrected chi connectivity index (χ1v) is 20.8. The molecule has 11 atom stereocenters. The summed E-state index contributed by atoms with van der Waals surface area (Å²) in [5.74, 6) is -4.20. The topological polar surface area (TPSA) is 149 Å². The quantitative estimate of drug-likeness (QED) is 0.124. The van der Waals surface area contributed by atoms with Crippen LogP contribution in [0, 0.1) is 80.8 Å². The van der Waals surface area contributed by atoms with Gasteiger partial charge in [0.1, 0.15) is 16.8 Å². The Kier molecular flexibility index (Phi) is 16.1. The van der Waals surface area contributed by atoms with E-state index in [4.69, 9.17) is 23.7 Å². The van der Waals surface area contributed by atoms with Crippen LogP contribution in [-0.4, -0.2) is 59.2 Å². The first-order chi connectivity index (χ1) is 25.1. The van der Waals surface area contributed by atoms with Crippen LogP contribution < -0.4 is 0 Å². The van der Waals surface area contributed by atoms with E-state index in [0.717, 1.165) is 6.42 Å². The number of hydrogen-bond donors (Lipinski definition) is 0. The molecule has 11 heteroatoms. The van der Waals surface area contributed by atoms with Crippen molar-refractivity contribution in [3.8, 4) is 0 Å². The molecule has 11 unspecified atom stereocenters. The summed E-state index contributed by atoms with van der Waals surface area (Å²) < 4.78 is 29.7. The smallest absolute Gasteiger partial charge is 0.318 e. The third-order valence-corrected chi connectivity index (χ3v) is 15.4. The Morgan fingerprint density at radius 3 is 1.66 bits per heavy atom. The van der Waals surface area contributed by atoms with Crippen LogP contribution >= 0.6 is 0 Å². The predicted molar refractivity (Wildman–Crippen MR) is 239 cm³/mol. The van der Waals surface area contributed by atoms with Gasteiger partial charge in [-0.2, -0.15) is 0 Å². The maximum Gasteiger partial charge on any atom is 0.318 e.